The molecule has 1 aliphatic heterocycles. The standard InChI is InChI=1S/C33H33BrN6O3/c1-21-13-25-15-29(36-21)27-17-35-40(11-12-42-19-22-5-3-2-4-6-22)32(27)43-20-24-8-7-23(14-24)18-39-30-16-26(34)9-10-28(30)37-33(39)38-31(25)41/h2-6,9-10,13,15-17,23-24H,7-8,11-12,14,18-20H2,1H3,(H,37,38,41)/t23-,24+/m1/s1. The van der Waals surface area contributed by atoms with Gasteiger partial charge in [0.15, 0.2) is 0 Å². The van der Waals surface area contributed by atoms with Crippen molar-refractivity contribution in [2.75, 3.05) is 18.5 Å². The van der Waals surface area contributed by atoms with E-state index in [1.165, 1.54) is 0 Å². The number of nitrogens with one attached hydrogen (secondary N) is 1. The van der Waals surface area contributed by atoms with Crippen LogP contribution in [0.2, 0.25) is 0 Å². The lowest BCUT2D eigenvalue weighted by Gasteiger charge is -2.16. The normalized spacial score (nSPS) is 18.3. The predicted molar refractivity (Wildman–Crippen MR) is 168 cm³/mol. The lowest BCUT2D eigenvalue weighted by atomic mass is 10.1. The van der Waals surface area contributed by atoms with Gasteiger partial charge in [0, 0.05) is 22.3 Å². The first-order chi connectivity index (χ1) is 21.0. The van der Waals surface area contributed by atoms with Gasteiger partial charge in [0.25, 0.3) is 5.91 Å². The van der Waals surface area contributed by atoms with Gasteiger partial charge < -0.3 is 14.0 Å². The zero-order valence-electron chi connectivity index (χ0n) is 24.0. The number of carbonyl (C=O) groups excluding carboxylic acids is 1. The Hall–Kier alpha value is -4.02. The van der Waals surface area contributed by atoms with Gasteiger partial charge >= 0.3 is 0 Å². The highest BCUT2D eigenvalue weighted by atomic mass is 79.9. The molecule has 43 heavy (non-hydrogen) atoms. The molecule has 220 valence electrons. The molecule has 4 heterocycles. The van der Waals surface area contributed by atoms with Crippen LogP contribution in [0.5, 0.6) is 5.88 Å². The molecule has 2 atom stereocenters. The summed E-state index contributed by atoms with van der Waals surface area (Å²) in [7, 11) is 0. The van der Waals surface area contributed by atoms with Gasteiger partial charge in [-0.05, 0) is 73.9 Å². The number of aryl methyl sites for hydroxylation is 1. The number of imidazole rings is 1. The van der Waals surface area contributed by atoms with Crippen molar-refractivity contribution in [1.82, 2.24) is 24.3 Å². The Morgan fingerprint density at radius 2 is 1.93 bits per heavy atom. The molecule has 1 amide bonds. The Labute approximate surface area is 258 Å². The molecule has 0 unspecified atom stereocenters. The number of amides is 1. The van der Waals surface area contributed by atoms with Gasteiger partial charge in [0.2, 0.25) is 11.8 Å². The van der Waals surface area contributed by atoms with Crippen molar-refractivity contribution in [3.8, 4) is 17.1 Å². The minimum absolute atomic E-state index is 0.231. The number of hydrogen-bond acceptors (Lipinski definition) is 6. The van der Waals surface area contributed by atoms with Crippen molar-refractivity contribution in [3.05, 3.63) is 88.2 Å². The highest BCUT2D eigenvalue weighted by Crippen LogP contribution is 2.37. The third-order valence-electron chi connectivity index (χ3n) is 8.32. The SMILES string of the molecule is Cc1cc2cc(n1)-c1cnn(CCOCc3ccccc3)c1OC[C@H]1CC[C@H](C1)Cn1c(nc3ccc(Br)cc31)NC2=O. The van der Waals surface area contributed by atoms with Crippen LogP contribution in [0.15, 0.2) is 71.3 Å². The molecule has 0 radical (unpaired) electrons. The average Bonchev–Trinajstić information content (AvgIpc) is 3.72. The van der Waals surface area contributed by atoms with Crippen LogP contribution in [0.25, 0.3) is 22.3 Å². The average molecular weight is 642 g/mol. The summed E-state index contributed by atoms with van der Waals surface area (Å²) >= 11 is 3.61. The summed E-state index contributed by atoms with van der Waals surface area (Å²) in [5.74, 6) is 1.86. The van der Waals surface area contributed by atoms with Crippen molar-refractivity contribution in [3.63, 3.8) is 0 Å². The van der Waals surface area contributed by atoms with E-state index in [2.05, 4.69) is 49.1 Å². The third-order valence-corrected chi connectivity index (χ3v) is 8.82. The molecule has 2 aliphatic rings. The number of benzene rings is 2. The van der Waals surface area contributed by atoms with Gasteiger partial charge in [-0.3, -0.25) is 15.1 Å². The maximum atomic E-state index is 13.7. The zero-order chi connectivity index (χ0) is 29.3. The van der Waals surface area contributed by atoms with Gasteiger partial charge in [-0.15, -0.1) is 0 Å². The Morgan fingerprint density at radius 3 is 2.81 bits per heavy atom. The van der Waals surface area contributed by atoms with E-state index in [9.17, 15) is 4.79 Å². The van der Waals surface area contributed by atoms with E-state index in [4.69, 9.17) is 19.4 Å². The summed E-state index contributed by atoms with van der Waals surface area (Å²) in [4.78, 5) is 23.3. The van der Waals surface area contributed by atoms with E-state index in [0.717, 1.165) is 58.1 Å². The van der Waals surface area contributed by atoms with Crippen LogP contribution in [0.1, 0.15) is 40.9 Å². The molecule has 1 N–H and O–H groups in total. The minimum atomic E-state index is -0.231. The van der Waals surface area contributed by atoms with Crippen molar-refractivity contribution in [2.45, 2.75) is 45.9 Å². The lowest BCUT2D eigenvalue weighted by molar-refractivity contribution is 0.102. The first-order valence-corrected chi connectivity index (χ1v) is 15.6. The fourth-order valence-electron chi connectivity index (χ4n) is 6.21. The Morgan fingerprint density at radius 1 is 1.07 bits per heavy atom. The summed E-state index contributed by atoms with van der Waals surface area (Å²) < 4.78 is 17.5. The maximum absolute atomic E-state index is 13.7. The van der Waals surface area contributed by atoms with Crippen LogP contribution >= 0.6 is 15.9 Å². The number of hydrogen-bond donors (Lipinski definition) is 1. The van der Waals surface area contributed by atoms with Gasteiger partial charge in [-0.1, -0.05) is 46.3 Å². The maximum Gasteiger partial charge on any atom is 0.258 e. The second-order valence-corrected chi connectivity index (χ2v) is 12.4. The number of pyridine rings is 1. The third kappa shape index (κ3) is 5.94. The predicted octanol–water partition coefficient (Wildman–Crippen LogP) is 6.64. The summed E-state index contributed by atoms with van der Waals surface area (Å²) in [6.45, 7) is 4.83. The van der Waals surface area contributed by atoms with E-state index in [1.807, 2.05) is 41.9 Å². The van der Waals surface area contributed by atoms with Crippen LogP contribution in [0.4, 0.5) is 5.95 Å². The van der Waals surface area contributed by atoms with Crippen LogP contribution in [0, 0.1) is 18.8 Å². The molecule has 1 aliphatic carbocycles. The molecular weight excluding hydrogens is 608 g/mol. The fraction of sp³-hybridized carbons (Fsp3) is 0.333. The van der Waals surface area contributed by atoms with Crippen molar-refractivity contribution in [1.29, 1.82) is 0 Å². The quantitative estimate of drug-likeness (QED) is 0.216. The molecule has 2 aromatic carbocycles. The van der Waals surface area contributed by atoms with Crippen molar-refractivity contribution < 1.29 is 14.3 Å². The van der Waals surface area contributed by atoms with Crippen LogP contribution in [0.3, 0.4) is 0 Å². The zero-order valence-corrected chi connectivity index (χ0v) is 25.6. The molecule has 10 heteroatoms. The van der Waals surface area contributed by atoms with Gasteiger partial charge in [-0.25, -0.2) is 9.67 Å². The fourth-order valence-corrected chi connectivity index (χ4v) is 6.56. The minimum Gasteiger partial charge on any atom is -0.477 e. The van der Waals surface area contributed by atoms with Crippen LogP contribution in [-0.4, -0.2) is 43.4 Å². The molecule has 4 bridgehead atoms. The first-order valence-electron chi connectivity index (χ1n) is 14.8. The highest BCUT2D eigenvalue weighted by Gasteiger charge is 2.29. The molecular formula is C33H33BrN6O3. The molecule has 0 saturated heterocycles. The number of nitrogens with zero attached hydrogens (tertiary/aromatic N) is 5. The van der Waals surface area contributed by atoms with Crippen molar-refractivity contribution in [2.24, 2.45) is 11.8 Å². The van der Waals surface area contributed by atoms with E-state index in [-0.39, 0.29) is 5.91 Å². The second-order valence-electron chi connectivity index (χ2n) is 11.5. The van der Waals surface area contributed by atoms with Gasteiger partial charge in [-0.2, -0.15) is 5.10 Å². The smallest absolute Gasteiger partial charge is 0.258 e. The Bertz CT molecular complexity index is 1780. The Kier molecular flexibility index (Phi) is 7.71. The monoisotopic (exact) mass is 640 g/mol. The lowest BCUT2D eigenvalue weighted by Crippen LogP contribution is -2.18. The first kappa shape index (κ1) is 27.8. The molecule has 1 saturated carbocycles. The number of carbonyl (C=O) groups is 1. The number of rotatable bonds is 5. The largest absolute Gasteiger partial charge is 0.477 e. The number of fused-ring (bicyclic) bond motifs is 9. The van der Waals surface area contributed by atoms with E-state index >= 15 is 0 Å². The summed E-state index contributed by atoms with van der Waals surface area (Å²) in [6.07, 6.45) is 4.99. The van der Waals surface area contributed by atoms with Crippen LogP contribution in [-0.2, 0) is 24.4 Å². The van der Waals surface area contributed by atoms with E-state index < -0.39 is 0 Å². The second kappa shape index (κ2) is 11.9. The van der Waals surface area contributed by atoms with E-state index in [1.54, 1.807) is 18.3 Å². The molecule has 9 nitrogen and oxygen atoms in total. The molecule has 3 aromatic heterocycles. The van der Waals surface area contributed by atoms with Gasteiger partial charge in [0.1, 0.15) is 0 Å². The van der Waals surface area contributed by atoms with E-state index in [0.29, 0.717) is 61.3 Å². The highest BCUT2D eigenvalue weighted by molar-refractivity contribution is 9.10. The summed E-state index contributed by atoms with van der Waals surface area (Å²) in [5, 5.41) is 7.78. The molecule has 7 rings (SSSR count). The number of anilines is 1. The summed E-state index contributed by atoms with van der Waals surface area (Å²) in [5.41, 5.74) is 5.63. The topological polar surface area (TPSA) is 96.1 Å². The number of ether oxygens (including phenoxy) is 2. The molecule has 0 spiro atoms. The van der Waals surface area contributed by atoms with Crippen LogP contribution < -0.4 is 10.1 Å². The van der Waals surface area contributed by atoms with Gasteiger partial charge in [0.05, 0.1) is 54.9 Å². The van der Waals surface area contributed by atoms with Crippen molar-refractivity contribution >= 4 is 38.8 Å². The molecule has 5 aromatic rings. The summed E-state index contributed by atoms with van der Waals surface area (Å²) in [6, 6.07) is 19.8. The Balaban J connectivity index is 1.21. The molecule has 1 fully saturated rings. The number of aromatic nitrogens is 5. The number of halogens is 1.